The second-order valence-electron chi connectivity index (χ2n) is 2.72. The van der Waals surface area contributed by atoms with Crippen LogP contribution < -0.4 is 0 Å². The highest BCUT2D eigenvalue weighted by Gasteiger charge is 2.01. The van der Waals surface area contributed by atoms with E-state index >= 15 is 0 Å². The molecule has 1 aromatic rings. The van der Waals surface area contributed by atoms with Crippen molar-refractivity contribution in [2.24, 2.45) is 0 Å². The largest absolute Gasteiger partial charge is 0.335 e. The van der Waals surface area contributed by atoms with Crippen LogP contribution in [-0.4, -0.2) is 15.3 Å². The van der Waals surface area contributed by atoms with Crippen LogP contribution in [0.2, 0.25) is 0 Å². The van der Waals surface area contributed by atoms with Crippen LogP contribution in [0.3, 0.4) is 0 Å². The van der Waals surface area contributed by atoms with Crippen molar-refractivity contribution in [2.75, 3.05) is 5.75 Å². The maximum absolute atomic E-state index is 4.17. The Bertz CT molecular complexity index is 184. The van der Waals surface area contributed by atoms with E-state index in [0.717, 1.165) is 5.75 Å². The smallest absolute Gasteiger partial charge is 0.0948 e. The lowest BCUT2D eigenvalue weighted by Gasteiger charge is -2.11. The van der Waals surface area contributed by atoms with Crippen molar-refractivity contribution in [3.63, 3.8) is 0 Å². The number of hydrogen-bond donors (Lipinski definition) is 1. The number of nitrogens with zero attached hydrogens (tertiary/aromatic N) is 2. The predicted octanol–water partition coefficient (Wildman–Crippen LogP) is 2.15. The van der Waals surface area contributed by atoms with Crippen LogP contribution in [-0.2, 0) is 0 Å². The topological polar surface area (TPSA) is 17.8 Å². The number of hydrogen-bond acceptors (Lipinski definition) is 2. The van der Waals surface area contributed by atoms with Crippen LogP contribution in [0.4, 0.5) is 0 Å². The number of rotatable bonds is 4. The van der Waals surface area contributed by atoms with E-state index in [0.29, 0.717) is 6.04 Å². The van der Waals surface area contributed by atoms with Crippen molar-refractivity contribution in [3.05, 3.63) is 18.7 Å². The minimum Gasteiger partial charge on any atom is -0.335 e. The average Bonchev–Trinajstić information content (AvgIpc) is 2.52. The summed E-state index contributed by atoms with van der Waals surface area (Å²) >= 11 is 4.17. The molecule has 1 aromatic heterocycles. The fraction of sp³-hybridized carbons (Fsp3) is 0.625. The highest BCUT2D eigenvalue weighted by molar-refractivity contribution is 7.80. The molecular weight excluding hydrogens is 156 g/mol. The molecule has 0 aliphatic carbocycles. The lowest BCUT2D eigenvalue weighted by molar-refractivity contribution is 0.502. The number of imidazole rings is 1. The second-order valence-corrected chi connectivity index (χ2v) is 3.17. The molecule has 1 rings (SSSR count). The fourth-order valence-electron chi connectivity index (χ4n) is 1.07. The molecule has 0 aromatic carbocycles. The van der Waals surface area contributed by atoms with Gasteiger partial charge in [0.25, 0.3) is 0 Å². The first-order chi connectivity index (χ1) is 5.34. The van der Waals surface area contributed by atoms with Gasteiger partial charge in [-0.25, -0.2) is 4.98 Å². The third-order valence-electron chi connectivity index (χ3n) is 1.81. The Morgan fingerprint density at radius 3 is 3.00 bits per heavy atom. The first-order valence-electron chi connectivity index (χ1n) is 3.93. The molecule has 62 valence electrons. The van der Waals surface area contributed by atoms with Crippen LogP contribution in [0, 0.1) is 0 Å². The first kappa shape index (κ1) is 8.65. The molecule has 0 aliphatic rings. The molecule has 0 spiro atoms. The zero-order valence-corrected chi connectivity index (χ0v) is 7.67. The highest BCUT2D eigenvalue weighted by Crippen LogP contribution is 2.11. The molecular formula is C8H14N2S. The lowest BCUT2D eigenvalue weighted by Crippen LogP contribution is -2.02. The van der Waals surface area contributed by atoms with Gasteiger partial charge in [-0.05, 0) is 25.5 Å². The van der Waals surface area contributed by atoms with Crippen molar-refractivity contribution in [1.82, 2.24) is 9.55 Å². The molecule has 0 bridgehead atoms. The third-order valence-corrected chi connectivity index (χ3v) is 2.13. The second kappa shape index (κ2) is 4.44. The highest BCUT2D eigenvalue weighted by atomic mass is 32.1. The summed E-state index contributed by atoms with van der Waals surface area (Å²) in [5.74, 6) is 0.971. The Morgan fingerprint density at radius 2 is 2.45 bits per heavy atom. The van der Waals surface area contributed by atoms with Crippen molar-refractivity contribution in [1.29, 1.82) is 0 Å². The molecule has 0 saturated heterocycles. The molecule has 0 aliphatic heterocycles. The lowest BCUT2D eigenvalue weighted by atomic mass is 10.2. The van der Waals surface area contributed by atoms with Crippen molar-refractivity contribution in [2.45, 2.75) is 25.8 Å². The van der Waals surface area contributed by atoms with Gasteiger partial charge in [-0.1, -0.05) is 0 Å². The van der Waals surface area contributed by atoms with Gasteiger partial charge in [0.2, 0.25) is 0 Å². The summed E-state index contributed by atoms with van der Waals surface area (Å²) in [6, 6.07) is 0.560. The molecule has 0 radical (unpaired) electrons. The van der Waals surface area contributed by atoms with E-state index in [4.69, 9.17) is 0 Å². The molecule has 1 unspecified atom stereocenters. The molecule has 0 saturated carbocycles. The van der Waals surface area contributed by atoms with E-state index in [2.05, 4.69) is 29.1 Å². The Hall–Kier alpha value is -0.440. The van der Waals surface area contributed by atoms with E-state index in [1.165, 1.54) is 12.8 Å². The Balaban J connectivity index is 2.36. The summed E-state index contributed by atoms with van der Waals surface area (Å²) < 4.78 is 2.13. The maximum atomic E-state index is 4.17. The van der Waals surface area contributed by atoms with Crippen LogP contribution in [0.15, 0.2) is 18.7 Å². The summed E-state index contributed by atoms with van der Waals surface area (Å²) in [5, 5.41) is 0. The van der Waals surface area contributed by atoms with Gasteiger partial charge in [0.15, 0.2) is 0 Å². The maximum Gasteiger partial charge on any atom is 0.0948 e. The van der Waals surface area contributed by atoms with Gasteiger partial charge in [-0.2, -0.15) is 12.6 Å². The SMILES string of the molecule is CC(CCCS)n1ccnc1. The zero-order chi connectivity index (χ0) is 8.10. The van der Waals surface area contributed by atoms with Gasteiger partial charge in [-0.15, -0.1) is 0 Å². The quantitative estimate of drug-likeness (QED) is 0.685. The van der Waals surface area contributed by atoms with E-state index in [1.54, 1.807) is 0 Å². The summed E-state index contributed by atoms with van der Waals surface area (Å²) in [7, 11) is 0. The van der Waals surface area contributed by atoms with Crippen LogP contribution in [0.5, 0.6) is 0 Å². The van der Waals surface area contributed by atoms with Gasteiger partial charge >= 0.3 is 0 Å². The Labute approximate surface area is 73.0 Å². The van der Waals surface area contributed by atoms with Gasteiger partial charge in [0.1, 0.15) is 0 Å². The monoisotopic (exact) mass is 170 g/mol. The third kappa shape index (κ3) is 2.58. The number of aromatic nitrogens is 2. The molecule has 0 amide bonds. The molecule has 11 heavy (non-hydrogen) atoms. The predicted molar refractivity (Wildman–Crippen MR) is 50.0 cm³/mol. The van der Waals surface area contributed by atoms with Crippen LogP contribution in [0.25, 0.3) is 0 Å². The standard InChI is InChI=1S/C8H14N2S/c1-8(3-2-6-11)10-5-4-9-7-10/h4-5,7-8,11H,2-3,6H2,1H3. The number of thiol groups is 1. The van der Waals surface area contributed by atoms with E-state index < -0.39 is 0 Å². The van der Waals surface area contributed by atoms with Gasteiger partial charge in [0, 0.05) is 18.4 Å². The van der Waals surface area contributed by atoms with Crippen LogP contribution in [0.1, 0.15) is 25.8 Å². The minimum atomic E-state index is 0.560. The van der Waals surface area contributed by atoms with Crippen molar-refractivity contribution in [3.8, 4) is 0 Å². The van der Waals surface area contributed by atoms with Gasteiger partial charge in [-0.3, -0.25) is 0 Å². The van der Waals surface area contributed by atoms with Crippen molar-refractivity contribution < 1.29 is 0 Å². The fourth-order valence-corrected chi connectivity index (χ4v) is 1.25. The normalized spacial score (nSPS) is 13.3. The summed E-state index contributed by atoms with van der Waals surface area (Å²) in [5.41, 5.74) is 0. The van der Waals surface area contributed by atoms with Gasteiger partial charge in [0.05, 0.1) is 6.33 Å². The minimum absolute atomic E-state index is 0.560. The molecule has 1 heterocycles. The average molecular weight is 170 g/mol. The molecule has 0 fully saturated rings. The summed E-state index contributed by atoms with van der Waals surface area (Å²) in [6.45, 7) is 2.20. The first-order valence-corrected chi connectivity index (χ1v) is 4.56. The zero-order valence-electron chi connectivity index (χ0n) is 6.77. The van der Waals surface area contributed by atoms with E-state index in [9.17, 15) is 0 Å². The van der Waals surface area contributed by atoms with Crippen molar-refractivity contribution >= 4 is 12.6 Å². The Morgan fingerprint density at radius 1 is 1.64 bits per heavy atom. The summed E-state index contributed by atoms with van der Waals surface area (Å²) in [4.78, 5) is 4.00. The van der Waals surface area contributed by atoms with E-state index in [1.807, 2.05) is 18.7 Å². The van der Waals surface area contributed by atoms with Gasteiger partial charge < -0.3 is 4.57 Å². The molecule has 2 nitrogen and oxygen atoms in total. The van der Waals surface area contributed by atoms with Crippen LogP contribution >= 0.6 is 12.6 Å². The molecule has 0 N–H and O–H groups in total. The van der Waals surface area contributed by atoms with E-state index in [-0.39, 0.29) is 0 Å². The summed E-state index contributed by atoms with van der Waals surface area (Å²) in [6.07, 6.45) is 8.03. The molecule has 3 heteroatoms. The Kier molecular flexibility index (Phi) is 3.49. The molecule has 1 atom stereocenters.